The Hall–Kier alpha value is -1.87. The molecule has 9 heteroatoms. The van der Waals surface area contributed by atoms with E-state index in [0.717, 1.165) is 6.42 Å². The quantitative estimate of drug-likeness (QED) is 0.648. The predicted octanol–water partition coefficient (Wildman–Crippen LogP) is 1.44. The topological polar surface area (TPSA) is 102 Å². The molecular weight excluding hydrogens is 310 g/mol. The Labute approximate surface area is 129 Å². The maximum absolute atomic E-state index is 11.6. The summed E-state index contributed by atoms with van der Waals surface area (Å²) in [4.78, 5) is 10.6. The minimum atomic E-state index is -3.26. The number of methoxy groups -OCH3 is 1. The molecular formula is C13H19N3O5S. The van der Waals surface area contributed by atoms with Gasteiger partial charge in [0.15, 0.2) is 0 Å². The van der Waals surface area contributed by atoms with Crippen LogP contribution in [0.25, 0.3) is 0 Å². The fraction of sp³-hybridized carbons (Fsp3) is 0.538. The van der Waals surface area contributed by atoms with Gasteiger partial charge in [0.1, 0.15) is 11.4 Å². The highest BCUT2D eigenvalue weighted by Crippen LogP contribution is 2.30. The molecule has 8 nitrogen and oxygen atoms in total. The number of nitro groups is 1. The minimum absolute atomic E-state index is 0.0581. The summed E-state index contributed by atoms with van der Waals surface area (Å²) >= 11 is 0. The van der Waals surface area contributed by atoms with Gasteiger partial charge in [0.2, 0.25) is 10.0 Å². The molecule has 0 bridgehead atoms. The third-order valence-corrected chi connectivity index (χ3v) is 4.88. The SMILES string of the molecule is COc1ccc([N+](=O)[O-])c(NC2CCCN(S(C)(=O)=O)C2)c1. The van der Waals surface area contributed by atoms with Gasteiger partial charge in [0, 0.05) is 31.3 Å². The summed E-state index contributed by atoms with van der Waals surface area (Å²) in [5.41, 5.74) is 0.280. The molecule has 2 rings (SSSR count). The first-order valence-corrected chi connectivity index (χ1v) is 8.70. The van der Waals surface area contributed by atoms with E-state index in [0.29, 0.717) is 30.9 Å². The zero-order valence-electron chi connectivity index (χ0n) is 12.5. The van der Waals surface area contributed by atoms with Gasteiger partial charge in [-0.2, -0.15) is 0 Å². The molecule has 1 aliphatic heterocycles. The van der Waals surface area contributed by atoms with Crippen LogP contribution in [0.3, 0.4) is 0 Å². The van der Waals surface area contributed by atoms with E-state index >= 15 is 0 Å². The molecule has 0 radical (unpaired) electrons. The van der Waals surface area contributed by atoms with Crippen molar-refractivity contribution in [1.82, 2.24) is 4.31 Å². The third-order valence-electron chi connectivity index (χ3n) is 3.61. The van der Waals surface area contributed by atoms with Crippen LogP contribution < -0.4 is 10.1 Å². The summed E-state index contributed by atoms with van der Waals surface area (Å²) in [5, 5.41) is 14.2. The number of hydrogen-bond acceptors (Lipinski definition) is 6. The number of rotatable bonds is 5. The number of nitrogens with zero attached hydrogens (tertiary/aromatic N) is 2. The first-order chi connectivity index (χ1) is 10.3. The van der Waals surface area contributed by atoms with Gasteiger partial charge >= 0.3 is 0 Å². The van der Waals surface area contributed by atoms with E-state index in [4.69, 9.17) is 4.74 Å². The molecule has 1 unspecified atom stereocenters. The van der Waals surface area contributed by atoms with E-state index in [2.05, 4.69) is 5.32 Å². The lowest BCUT2D eigenvalue weighted by Gasteiger charge is -2.31. The van der Waals surface area contributed by atoms with Crippen LogP contribution in [0.4, 0.5) is 11.4 Å². The Morgan fingerprint density at radius 2 is 2.18 bits per heavy atom. The van der Waals surface area contributed by atoms with E-state index in [-0.39, 0.29) is 11.7 Å². The number of anilines is 1. The van der Waals surface area contributed by atoms with Crippen molar-refractivity contribution in [2.45, 2.75) is 18.9 Å². The summed E-state index contributed by atoms with van der Waals surface area (Å²) in [6.07, 6.45) is 2.63. The molecule has 1 atom stereocenters. The second kappa shape index (κ2) is 6.49. The number of ether oxygens (including phenoxy) is 1. The first kappa shape index (κ1) is 16.5. The van der Waals surface area contributed by atoms with Gasteiger partial charge in [-0.05, 0) is 18.9 Å². The summed E-state index contributed by atoms with van der Waals surface area (Å²) in [5.74, 6) is 0.504. The smallest absolute Gasteiger partial charge is 0.292 e. The number of nitro benzene ring substituents is 1. The Bertz CT molecular complexity index is 662. The molecule has 122 valence electrons. The van der Waals surface area contributed by atoms with Crippen LogP contribution in [-0.4, -0.2) is 50.1 Å². The van der Waals surface area contributed by atoms with Crippen LogP contribution in [0.15, 0.2) is 18.2 Å². The second-order valence-corrected chi connectivity index (χ2v) is 7.23. The van der Waals surface area contributed by atoms with Crippen molar-refractivity contribution in [3.05, 3.63) is 28.3 Å². The number of hydrogen-bond donors (Lipinski definition) is 1. The van der Waals surface area contributed by atoms with Crippen LogP contribution in [-0.2, 0) is 10.0 Å². The molecule has 1 heterocycles. The van der Waals surface area contributed by atoms with E-state index in [1.807, 2.05) is 0 Å². The molecule has 0 aliphatic carbocycles. The monoisotopic (exact) mass is 329 g/mol. The number of benzene rings is 1. The van der Waals surface area contributed by atoms with Crippen LogP contribution in [0.1, 0.15) is 12.8 Å². The summed E-state index contributed by atoms with van der Waals surface area (Å²) < 4.78 is 29.7. The lowest BCUT2D eigenvalue weighted by atomic mass is 10.1. The zero-order valence-corrected chi connectivity index (χ0v) is 13.3. The lowest BCUT2D eigenvalue weighted by Crippen LogP contribution is -2.44. The van der Waals surface area contributed by atoms with Gasteiger partial charge < -0.3 is 10.1 Å². The molecule has 1 N–H and O–H groups in total. The van der Waals surface area contributed by atoms with Crippen LogP contribution in [0.2, 0.25) is 0 Å². The number of sulfonamides is 1. The molecule has 0 amide bonds. The maximum Gasteiger partial charge on any atom is 0.292 e. The minimum Gasteiger partial charge on any atom is -0.497 e. The second-order valence-electron chi connectivity index (χ2n) is 5.24. The number of nitrogens with one attached hydrogen (secondary N) is 1. The van der Waals surface area contributed by atoms with E-state index in [1.165, 1.54) is 29.8 Å². The molecule has 0 aromatic heterocycles. The zero-order chi connectivity index (χ0) is 16.3. The standard InChI is InChI=1S/C13H19N3O5S/c1-21-11-5-6-13(16(17)18)12(8-11)14-10-4-3-7-15(9-10)22(2,19)20/h5-6,8,10,14H,3-4,7,9H2,1-2H3. The average molecular weight is 329 g/mol. The Balaban J connectivity index is 2.20. The largest absolute Gasteiger partial charge is 0.497 e. The molecule has 1 aliphatic rings. The molecule has 0 spiro atoms. The van der Waals surface area contributed by atoms with Crippen LogP contribution in [0.5, 0.6) is 5.75 Å². The van der Waals surface area contributed by atoms with Gasteiger partial charge in [0.05, 0.1) is 18.3 Å². The molecule has 1 aromatic carbocycles. The van der Waals surface area contributed by atoms with Crippen molar-refractivity contribution in [2.75, 3.05) is 31.8 Å². The van der Waals surface area contributed by atoms with Gasteiger partial charge in [-0.3, -0.25) is 10.1 Å². The Morgan fingerprint density at radius 3 is 2.77 bits per heavy atom. The maximum atomic E-state index is 11.6. The highest BCUT2D eigenvalue weighted by molar-refractivity contribution is 7.88. The van der Waals surface area contributed by atoms with Crippen molar-refractivity contribution in [3.8, 4) is 5.75 Å². The average Bonchev–Trinajstić information content (AvgIpc) is 2.46. The van der Waals surface area contributed by atoms with Crippen molar-refractivity contribution >= 4 is 21.4 Å². The molecule has 22 heavy (non-hydrogen) atoms. The van der Waals surface area contributed by atoms with Crippen molar-refractivity contribution in [2.24, 2.45) is 0 Å². The molecule has 1 fully saturated rings. The molecule has 0 saturated carbocycles. The summed E-state index contributed by atoms with van der Waals surface area (Å²) in [6, 6.07) is 4.28. The Kier molecular flexibility index (Phi) is 4.87. The predicted molar refractivity (Wildman–Crippen MR) is 82.7 cm³/mol. The van der Waals surface area contributed by atoms with Crippen molar-refractivity contribution < 1.29 is 18.1 Å². The molecule has 1 saturated heterocycles. The lowest BCUT2D eigenvalue weighted by molar-refractivity contribution is -0.384. The fourth-order valence-electron chi connectivity index (χ4n) is 2.50. The summed E-state index contributed by atoms with van der Waals surface area (Å²) in [6.45, 7) is 0.782. The Morgan fingerprint density at radius 1 is 1.45 bits per heavy atom. The summed E-state index contributed by atoms with van der Waals surface area (Å²) in [7, 11) is -1.77. The van der Waals surface area contributed by atoms with E-state index < -0.39 is 14.9 Å². The van der Waals surface area contributed by atoms with Gasteiger partial charge in [0.25, 0.3) is 5.69 Å². The van der Waals surface area contributed by atoms with Crippen LogP contribution in [0, 0.1) is 10.1 Å². The van der Waals surface area contributed by atoms with Crippen molar-refractivity contribution in [1.29, 1.82) is 0 Å². The van der Waals surface area contributed by atoms with Gasteiger partial charge in [-0.15, -0.1) is 0 Å². The fourth-order valence-corrected chi connectivity index (χ4v) is 3.41. The highest BCUT2D eigenvalue weighted by atomic mass is 32.2. The van der Waals surface area contributed by atoms with E-state index in [9.17, 15) is 18.5 Å². The first-order valence-electron chi connectivity index (χ1n) is 6.85. The highest BCUT2D eigenvalue weighted by Gasteiger charge is 2.27. The van der Waals surface area contributed by atoms with E-state index in [1.54, 1.807) is 6.07 Å². The normalized spacial score (nSPS) is 19.6. The van der Waals surface area contributed by atoms with Crippen LogP contribution >= 0.6 is 0 Å². The molecule has 1 aromatic rings. The third kappa shape index (κ3) is 3.86. The van der Waals surface area contributed by atoms with Gasteiger partial charge in [-0.1, -0.05) is 0 Å². The van der Waals surface area contributed by atoms with Crippen molar-refractivity contribution in [3.63, 3.8) is 0 Å². The number of piperidine rings is 1. The van der Waals surface area contributed by atoms with Gasteiger partial charge in [-0.25, -0.2) is 12.7 Å².